The molecule has 0 bridgehead atoms. The standard InChI is InChI=1S/C20H22N2OS/c1-15-14-24-20(22-15)12-19(21-2)17-9-6-10-18(11-17)23-13-16-7-4-3-5-8-16/h3-11,14,19,21H,12-13H2,1-2H3. The van der Waals surface area contributed by atoms with Gasteiger partial charge in [0.15, 0.2) is 0 Å². The number of hydrogen-bond acceptors (Lipinski definition) is 4. The summed E-state index contributed by atoms with van der Waals surface area (Å²) in [5, 5.41) is 6.64. The SMILES string of the molecule is CNC(Cc1nc(C)cs1)c1cccc(OCc2ccccc2)c1. The van der Waals surface area contributed by atoms with Gasteiger partial charge in [0.05, 0.1) is 5.01 Å². The van der Waals surface area contributed by atoms with E-state index < -0.39 is 0 Å². The van der Waals surface area contributed by atoms with Crippen molar-refractivity contribution in [3.05, 3.63) is 81.8 Å². The summed E-state index contributed by atoms with van der Waals surface area (Å²) in [4.78, 5) is 4.57. The largest absolute Gasteiger partial charge is 0.489 e. The molecule has 1 unspecified atom stereocenters. The predicted molar refractivity (Wildman–Crippen MR) is 99.6 cm³/mol. The number of benzene rings is 2. The molecule has 0 radical (unpaired) electrons. The van der Waals surface area contributed by atoms with Gasteiger partial charge >= 0.3 is 0 Å². The number of thiazole rings is 1. The molecule has 3 rings (SSSR count). The molecule has 0 aliphatic carbocycles. The Morgan fingerprint density at radius 3 is 2.67 bits per heavy atom. The summed E-state index contributed by atoms with van der Waals surface area (Å²) in [5.41, 5.74) is 3.48. The molecule has 0 saturated heterocycles. The molecule has 4 heteroatoms. The first kappa shape index (κ1) is 16.7. The molecule has 0 spiro atoms. The van der Waals surface area contributed by atoms with E-state index in [1.807, 2.05) is 44.3 Å². The number of nitrogens with one attached hydrogen (secondary N) is 1. The fraction of sp³-hybridized carbons (Fsp3) is 0.250. The van der Waals surface area contributed by atoms with Crippen molar-refractivity contribution in [3.8, 4) is 5.75 Å². The van der Waals surface area contributed by atoms with Crippen LogP contribution in [0.4, 0.5) is 0 Å². The van der Waals surface area contributed by atoms with Crippen LogP contribution in [0.1, 0.15) is 27.9 Å². The van der Waals surface area contributed by atoms with Crippen molar-refractivity contribution < 1.29 is 4.74 Å². The van der Waals surface area contributed by atoms with Gasteiger partial charge in [0.2, 0.25) is 0 Å². The molecule has 1 N–H and O–H groups in total. The average Bonchev–Trinajstić information content (AvgIpc) is 3.04. The maximum absolute atomic E-state index is 5.94. The Morgan fingerprint density at radius 2 is 1.96 bits per heavy atom. The molecule has 0 aliphatic heterocycles. The van der Waals surface area contributed by atoms with Gasteiger partial charge < -0.3 is 10.1 Å². The van der Waals surface area contributed by atoms with E-state index in [1.165, 1.54) is 11.1 Å². The number of hydrogen-bond donors (Lipinski definition) is 1. The fourth-order valence-corrected chi connectivity index (χ4v) is 3.44. The summed E-state index contributed by atoms with van der Waals surface area (Å²) in [7, 11) is 1.99. The molecule has 1 heterocycles. The third kappa shape index (κ3) is 4.43. The molecule has 1 aromatic heterocycles. The maximum atomic E-state index is 5.94. The molecule has 2 aromatic carbocycles. The van der Waals surface area contributed by atoms with Crippen LogP contribution in [-0.4, -0.2) is 12.0 Å². The van der Waals surface area contributed by atoms with Gasteiger partial charge in [-0.2, -0.15) is 0 Å². The lowest BCUT2D eigenvalue weighted by Crippen LogP contribution is -2.18. The van der Waals surface area contributed by atoms with Crippen LogP contribution in [0, 0.1) is 6.92 Å². The summed E-state index contributed by atoms with van der Waals surface area (Å²) in [6, 6.07) is 18.8. The Balaban J connectivity index is 1.68. The minimum Gasteiger partial charge on any atom is -0.489 e. The highest BCUT2D eigenvalue weighted by Crippen LogP contribution is 2.24. The van der Waals surface area contributed by atoms with Crippen molar-refractivity contribution in [2.45, 2.75) is 26.0 Å². The molecule has 0 amide bonds. The van der Waals surface area contributed by atoms with E-state index in [-0.39, 0.29) is 6.04 Å². The zero-order chi connectivity index (χ0) is 16.8. The lowest BCUT2D eigenvalue weighted by Gasteiger charge is -2.16. The Hall–Kier alpha value is -2.17. The van der Waals surface area contributed by atoms with Crippen molar-refractivity contribution in [3.63, 3.8) is 0 Å². The Labute approximate surface area is 147 Å². The predicted octanol–water partition coefficient (Wildman–Crippen LogP) is 4.53. The summed E-state index contributed by atoms with van der Waals surface area (Å²) in [6.45, 7) is 2.62. The number of rotatable bonds is 7. The number of nitrogens with zero attached hydrogens (tertiary/aromatic N) is 1. The second-order valence-corrected chi connectivity index (χ2v) is 6.72. The van der Waals surface area contributed by atoms with Crippen LogP contribution in [-0.2, 0) is 13.0 Å². The molecule has 3 nitrogen and oxygen atoms in total. The molecule has 124 valence electrons. The highest BCUT2D eigenvalue weighted by molar-refractivity contribution is 7.09. The van der Waals surface area contributed by atoms with Crippen molar-refractivity contribution >= 4 is 11.3 Å². The zero-order valence-corrected chi connectivity index (χ0v) is 14.8. The van der Waals surface area contributed by atoms with Crippen LogP contribution < -0.4 is 10.1 Å². The summed E-state index contributed by atoms with van der Waals surface area (Å²) in [6.07, 6.45) is 0.886. The van der Waals surface area contributed by atoms with Crippen molar-refractivity contribution in [1.29, 1.82) is 0 Å². The van der Waals surface area contributed by atoms with E-state index in [4.69, 9.17) is 4.74 Å². The van der Waals surface area contributed by atoms with Gasteiger partial charge in [-0.05, 0) is 37.2 Å². The second-order valence-electron chi connectivity index (χ2n) is 5.77. The van der Waals surface area contributed by atoms with Gasteiger partial charge in [-0.15, -0.1) is 11.3 Å². The quantitative estimate of drug-likeness (QED) is 0.687. The van der Waals surface area contributed by atoms with Gasteiger partial charge in [0.25, 0.3) is 0 Å². The van der Waals surface area contributed by atoms with Crippen LogP contribution in [0.25, 0.3) is 0 Å². The van der Waals surface area contributed by atoms with Crippen LogP contribution in [0.15, 0.2) is 60.0 Å². The third-order valence-electron chi connectivity index (χ3n) is 3.90. The highest BCUT2D eigenvalue weighted by Gasteiger charge is 2.13. The van der Waals surface area contributed by atoms with Crippen LogP contribution in [0.3, 0.4) is 0 Å². The van der Waals surface area contributed by atoms with Crippen molar-refractivity contribution in [2.75, 3.05) is 7.05 Å². The summed E-state index contributed by atoms with van der Waals surface area (Å²) in [5.74, 6) is 0.895. The van der Waals surface area contributed by atoms with E-state index in [1.54, 1.807) is 11.3 Å². The average molecular weight is 338 g/mol. The lowest BCUT2D eigenvalue weighted by atomic mass is 10.0. The van der Waals surface area contributed by atoms with Crippen LogP contribution in [0.2, 0.25) is 0 Å². The van der Waals surface area contributed by atoms with E-state index in [0.29, 0.717) is 6.61 Å². The summed E-state index contributed by atoms with van der Waals surface area (Å²) >= 11 is 1.72. The number of aromatic nitrogens is 1. The van der Waals surface area contributed by atoms with Crippen molar-refractivity contribution in [1.82, 2.24) is 10.3 Å². The topological polar surface area (TPSA) is 34.2 Å². The van der Waals surface area contributed by atoms with E-state index >= 15 is 0 Å². The molecule has 0 aliphatic rings. The number of ether oxygens (including phenoxy) is 1. The third-order valence-corrected chi connectivity index (χ3v) is 4.89. The zero-order valence-electron chi connectivity index (χ0n) is 14.0. The highest BCUT2D eigenvalue weighted by atomic mass is 32.1. The molecule has 3 aromatic rings. The van der Waals surface area contributed by atoms with Gasteiger partial charge in [-0.1, -0.05) is 42.5 Å². The summed E-state index contributed by atoms with van der Waals surface area (Å²) < 4.78 is 5.94. The first-order valence-corrected chi connectivity index (χ1v) is 8.97. The number of likely N-dealkylation sites (N-methyl/N-ethyl adjacent to an activating group) is 1. The minimum atomic E-state index is 0.232. The Bertz CT molecular complexity index is 770. The van der Waals surface area contributed by atoms with Crippen LogP contribution >= 0.6 is 11.3 Å². The monoisotopic (exact) mass is 338 g/mol. The molecule has 0 saturated carbocycles. The second kappa shape index (κ2) is 8.08. The molecule has 0 fully saturated rings. The lowest BCUT2D eigenvalue weighted by molar-refractivity contribution is 0.305. The van der Waals surface area contributed by atoms with E-state index in [2.05, 4.69) is 39.9 Å². The normalized spacial score (nSPS) is 12.1. The number of aryl methyl sites for hydroxylation is 1. The van der Waals surface area contributed by atoms with Gasteiger partial charge in [0.1, 0.15) is 12.4 Å². The van der Waals surface area contributed by atoms with Crippen LogP contribution in [0.5, 0.6) is 5.75 Å². The van der Waals surface area contributed by atoms with Gasteiger partial charge in [0, 0.05) is 23.5 Å². The molecule has 1 atom stereocenters. The van der Waals surface area contributed by atoms with E-state index in [9.17, 15) is 0 Å². The minimum absolute atomic E-state index is 0.232. The smallest absolute Gasteiger partial charge is 0.120 e. The first-order chi connectivity index (χ1) is 11.7. The molecule has 24 heavy (non-hydrogen) atoms. The molecular formula is C20H22N2OS. The van der Waals surface area contributed by atoms with Gasteiger partial charge in [-0.25, -0.2) is 4.98 Å². The van der Waals surface area contributed by atoms with Crippen molar-refractivity contribution in [2.24, 2.45) is 0 Å². The maximum Gasteiger partial charge on any atom is 0.120 e. The Morgan fingerprint density at radius 1 is 1.12 bits per heavy atom. The van der Waals surface area contributed by atoms with E-state index in [0.717, 1.165) is 22.9 Å². The fourth-order valence-electron chi connectivity index (χ4n) is 2.62. The van der Waals surface area contributed by atoms with Gasteiger partial charge in [-0.3, -0.25) is 0 Å². The first-order valence-electron chi connectivity index (χ1n) is 8.09. The Kier molecular flexibility index (Phi) is 5.62. The molecular weight excluding hydrogens is 316 g/mol.